The fraction of sp³-hybridized carbons (Fsp3) is 0.286. The highest BCUT2D eigenvalue weighted by Gasteiger charge is 2.23. The molecule has 7 heteroatoms. The molecule has 0 aliphatic carbocycles. The van der Waals surface area contributed by atoms with Gasteiger partial charge in [-0.05, 0) is 55.8 Å². The van der Waals surface area contributed by atoms with E-state index in [1.54, 1.807) is 41.3 Å². The molecule has 0 fully saturated rings. The van der Waals surface area contributed by atoms with Gasteiger partial charge in [0.2, 0.25) is 0 Å². The van der Waals surface area contributed by atoms with Gasteiger partial charge in [-0.2, -0.15) is 0 Å². The van der Waals surface area contributed by atoms with Crippen LogP contribution in [0.1, 0.15) is 46.2 Å². The molecule has 0 saturated carbocycles. The van der Waals surface area contributed by atoms with Crippen LogP contribution in [0, 0.1) is 0 Å². The molecule has 0 radical (unpaired) electrons. The molecule has 1 atom stereocenters. The Kier molecular flexibility index (Phi) is 7.14. The third kappa shape index (κ3) is 4.88. The fourth-order valence-corrected chi connectivity index (χ4v) is 2.76. The van der Waals surface area contributed by atoms with Crippen LogP contribution < -0.4 is 10.1 Å². The molecule has 0 spiro atoms. The third-order valence-electron chi connectivity index (χ3n) is 4.42. The Morgan fingerprint density at radius 1 is 0.964 bits per heavy atom. The van der Waals surface area contributed by atoms with Crippen molar-refractivity contribution in [3.05, 3.63) is 65.2 Å². The van der Waals surface area contributed by atoms with Crippen LogP contribution in [-0.2, 0) is 4.79 Å². The highest BCUT2D eigenvalue weighted by molar-refractivity contribution is 5.99. The smallest absolute Gasteiger partial charge is 0.330 e. The number of nitrogens with zero attached hydrogens (tertiary/aromatic N) is 1. The Morgan fingerprint density at radius 2 is 1.50 bits per heavy atom. The second kappa shape index (κ2) is 9.55. The summed E-state index contributed by atoms with van der Waals surface area (Å²) in [4.78, 5) is 38.1. The molecule has 0 heterocycles. The standard InChI is InChI=1S/C21H24N2O5/c1-4-23(5-2)20(25)16-8-6-15(7-9-16)19(24)22-18(21(26)27)14-10-12-17(28-3)13-11-14/h6-13,18H,4-5H2,1-3H3,(H,22,24)(H,26,27). The lowest BCUT2D eigenvalue weighted by Crippen LogP contribution is -2.34. The van der Waals surface area contributed by atoms with Crippen molar-refractivity contribution in [1.82, 2.24) is 10.2 Å². The fourth-order valence-electron chi connectivity index (χ4n) is 2.76. The second-order valence-corrected chi connectivity index (χ2v) is 6.07. The molecular weight excluding hydrogens is 360 g/mol. The summed E-state index contributed by atoms with van der Waals surface area (Å²) in [6.07, 6.45) is 0. The maximum Gasteiger partial charge on any atom is 0.330 e. The summed E-state index contributed by atoms with van der Waals surface area (Å²) >= 11 is 0. The van der Waals surface area contributed by atoms with Gasteiger partial charge in [0.25, 0.3) is 11.8 Å². The van der Waals surface area contributed by atoms with E-state index in [2.05, 4.69) is 5.32 Å². The molecule has 2 aromatic rings. The average Bonchev–Trinajstić information content (AvgIpc) is 2.72. The molecule has 148 valence electrons. The normalized spacial score (nSPS) is 11.4. The monoisotopic (exact) mass is 384 g/mol. The van der Waals surface area contributed by atoms with E-state index in [-0.39, 0.29) is 11.5 Å². The summed E-state index contributed by atoms with van der Waals surface area (Å²) in [6.45, 7) is 4.99. The number of carboxylic acid groups (broad SMARTS) is 1. The molecule has 1 unspecified atom stereocenters. The lowest BCUT2D eigenvalue weighted by molar-refractivity contribution is -0.139. The molecule has 0 aliphatic heterocycles. The van der Waals surface area contributed by atoms with Crippen LogP contribution in [0.5, 0.6) is 5.75 Å². The number of carbonyl (C=O) groups excluding carboxylic acids is 2. The number of nitrogens with one attached hydrogen (secondary N) is 1. The molecular formula is C21H24N2O5. The van der Waals surface area contributed by atoms with E-state index in [9.17, 15) is 19.5 Å². The molecule has 0 aromatic heterocycles. The number of hydrogen-bond acceptors (Lipinski definition) is 4. The molecule has 2 rings (SSSR count). The first-order valence-electron chi connectivity index (χ1n) is 8.98. The molecule has 0 aliphatic rings. The van der Waals surface area contributed by atoms with Crippen molar-refractivity contribution >= 4 is 17.8 Å². The summed E-state index contributed by atoms with van der Waals surface area (Å²) in [7, 11) is 1.51. The largest absolute Gasteiger partial charge is 0.497 e. The zero-order chi connectivity index (χ0) is 20.7. The van der Waals surface area contributed by atoms with Crippen molar-refractivity contribution in [2.45, 2.75) is 19.9 Å². The van der Waals surface area contributed by atoms with Crippen molar-refractivity contribution in [1.29, 1.82) is 0 Å². The lowest BCUT2D eigenvalue weighted by atomic mass is 10.1. The van der Waals surface area contributed by atoms with E-state index in [0.717, 1.165) is 0 Å². The van der Waals surface area contributed by atoms with Gasteiger partial charge < -0.3 is 20.1 Å². The average molecular weight is 384 g/mol. The third-order valence-corrected chi connectivity index (χ3v) is 4.42. The van der Waals surface area contributed by atoms with Crippen LogP contribution in [0.3, 0.4) is 0 Å². The van der Waals surface area contributed by atoms with Crippen molar-refractivity contribution in [2.24, 2.45) is 0 Å². The van der Waals surface area contributed by atoms with Crippen LogP contribution in [0.2, 0.25) is 0 Å². The topological polar surface area (TPSA) is 95.9 Å². The Labute approximate surface area is 163 Å². The first-order valence-corrected chi connectivity index (χ1v) is 8.98. The minimum Gasteiger partial charge on any atom is -0.497 e. The van der Waals surface area contributed by atoms with Gasteiger partial charge in [-0.25, -0.2) is 4.79 Å². The summed E-state index contributed by atoms with van der Waals surface area (Å²) in [5.41, 5.74) is 1.18. The summed E-state index contributed by atoms with van der Waals surface area (Å²) < 4.78 is 5.06. The minimum absolute atomic E-state index is 0.112. The summed E-state index contributed by atoms with van der Waals surface area (Å²) in [6, 6.07) is 11.4. The van der Waals surface area contributed by atoms with Gasteiger partial charge in [-0.1, -0.05) is 12.1 Å². The van der Waals surface area contributed by atoms with E-state index in [1.807, 2.05) is 13.8 Å². The van der Waals surface area contributed by atoms with Crippen molar-refractivity contribution in [2.75, 3.05) is 20.2 Å². The zero-order valence-corrected chi connectivity index (χ0v) is 16.1. The number of hydrogen-bond donors (Lipinski definition) is 2. The van der Waals surface area contributed by atoms with Gasteiger partial charge >= 0.3 is 5.97 Å². The SMILES string of the molecule is CCN(CC)C(=O)c1ccc(C(=O)NC(C(=O)O)c2ccc(OC)cc2)cc1. The molecule has 2 aromatic carbocycles. The minimum atomic E-state index is -1.20. The number of benzene rings is 2. The van der Waals surface area contributed by atoms with E-state index in [1.165, 1.54) is 19.2 Å². The number of methoxy groups -OCH3 is 1. The van der Waals surface area contributed by atoms with Gasteiger partial charge in [0, 0.05) is 24.2 Å². The van der Waals surface area contributed by atoms with Gasteiger partial charge in [-0.15, -0.1) is 0 Å². The summed E-state index contributed by atoms with van der Waals surface area (Å²) in [5, 5.41) is 12.0. The van der Waals surface area contributed by atoms with Crippen molar-refractivity contribution < 1.29 is 24.2 Å². The van der Waals surface area contributed by atoms with E-state index in [0.29, 0.717) is 30.0 Å². The zero-order valence-electron chi connectivity index (χ0n) is 16.1. The molecule has 7 nitrogen and oxygen atoms in total. The molecule has 2 N–H and O–H groups in total. The number of amides is 2. The van der Waals surface area contributed by atoms with Crippen molar-refractivity contribution in [3.63, 3.8) is 0 Å². The first-order chi connectivity index (χ1) is 13.4. The highest BCUT2D eigenvalue weighted by atomic mass is 16.5. The first kappa shape index (κ1) is 21.0. The summed E-state index contributed by atoms with van der Waals surface area (Å²) in [5.74, 6) is -1.23. The highest BCUT2D eigenvalue weighted by Crippen LogP contribution is 2.19. The Bertz CT molecular complexity index is 827. The molecule has 0 bridgehead atoms. The van der Waals surface area contributed by atoms with Gasteiger partial charge in [0.1, 0.15) is 5.75 Å². The van der Waals surface area contributed by atoms with Crippen LogP contribution in [0.15, 0.2) is 48.5 Å². The Hall–Kier alpha value is -3.35. The maximum atomic E-state index is 12.5. The lowest BCUT2D eigenvalue weighted by Gasteiger charge is -2.19. The Morgan fingerprint density at radius 3 is 1.96 bits per heavy atom. The van der Waals surface area contributed by atoms with Gasteiger partial charge in [-0.3, -0.25) is 9.59 Å². The van der Waals surface area contributed by atoms with Crippen LogP contribution in [-0.4, -0.2) is 48.0 Å². The van der Waals surface area contributed by atoms with Crippen LogP contribution in [0.25, 0.3) is 0 Å². The number of rotatable bonds is 8. The second-order valence-electron chi connectivity index (χ2n) is 6.07. The van der Waals surface area contributed by atoms with E-state index >= 15 is 0 Å². The predicted octanol–water partition coefficient (Wildman–Crippen LogP) is 2.73. The number of carbonyl (C=O) groups is 3. The number of ether oxygens (including phenoxy) is 1. The van der Waals surface area contributed by atoms with Crippen LogP contribution >= 0.6 is 0 Å². The number of aliphatic carboxylic acids is 1. The quantitative estimate of drug-likeness (QED) is 0.730. The predicted molar refractivity (Wildman–Crippen MR) is 105 cm³/mol. The van der Waals surface area contributed by atoms with Crippen LogP contribution in [0.4, 0.5) is 0 Å². The van der Waals surface area contributed by atoms with Crippen molar-refractivity contribution in [3.8, 4) is 5.75 Å². The van der Waals surface area contributed by atoms with E-state index < -0.39 is 17.9 Å². The molecule has 28 heavy (non-hydrogen) atoms. The van der Waals surface area contributed by atoms with Gasteiger partial charge in [0.15, 0.2) is 6.04 Å². The van der Waals surface area contributed by atoms with Gasteiger partial charge in [0.05, 0.1) is 7.11 Å². The maximum absolute atomic E-state index is 12.5. The Balaban J connectivity index is 2.15. The van der Waals surface area contributed by atoms with E-state index in [4.69, 9.17) is 4.74 Å². The molecule has 2 amide bonds. The molecule has 0 saturated heterocycles. The number of carboxylic acids is 1.